The Bertz CT molecular complexity index is 479. The molecular formula is C16H28N4O. The summed E-state index contributed by atoms with van der Waals surface area (Å²) < 4.78 is 2.03. The first kappa shape index (κ1) is 15.0. The van der Waals surface area contributed by atoms with Crippen LogP contribution in [0.25, 0.3) is 0 Å². The zero-order chi connectivity index (χ0) is 14.9. The first-order valence-electron chi connectivity index (χ1n) is 8.40. The second-order valence-electron chi connectivity index (χ2n) is 6.94. The molecule has 5 nitrogen and oxygen atoms in total. The Hall–Kier alpha value is -0.940. The molecule has 21 heavy (non-hydrogen) atoms. The van der Waals surface area contributed by atoms with Crippen LogP contribution in [0.1, 0.15) is 56.6 Å². The molecule has 2 fully saturated rings. The fourth-order valence-electron chi connectivity index (χ4n) is 3.99. The van der Waals surface area contributed by atoms with Crippen molar-refractivity contribution in [3.63, 3.8) is 0 Å². The van der Waals surface area contributed by atoms with Crippen LogP contribution in [-0.2, 0) is 6.54 Å². The van der Waals surface area contributed by atoms with E-state index in [4.69, 9.17) is 0 Å². The van der Waals surface area contributed by atoms with Gasteiger partial charge in [0.2, 0.25) is 0 Å². The number of hydrogen-bond donors (Lipinski definition) is 1. The Balaban J connectivity index is 1.63. The first-order chi connectivity index (χ1) is 10.1. The zero-order valence-electron chi connectivity index (χ0n) is 13.4. The molecule has 1 aromatic rings. The predicted molar refractivity (Wildman–Crippen MR) is 82.1 cm³/mol. The third-order valence-electron chi connectivity index (χ3n) is 5.13. The number of aryl methyl sites for hydroxylation is 2. The molecule has 0 radical (unpaired) electrons. The van der Waals surface area contributed by atoms with Gasteiger partial charge in [-0.1, -0.05) is 19.3 Å². The van der Waals surface area contributed by atoms with E-state index in [9.17, 15) is 5.11 Å². The average Bonchev–Trinajstić information content (AvgIpc) is 2.98. The van der Waals surface area contributed by atoms with Gasteiger partial charge in [0, 0.05) is 12.6 Å². The van der Waals surface area contributed by atoms with Crippen LogP contribution in [0.4, 0.5) is 0 Å². The van der Waals surface area contributed by atoms with Crippen LogP contribution < -0.4 is 0 Å². The van der Waals surface area contributed by atoms with Gasteiger partial charge < -0.3 is 5.11 Å². The second kappa shape index (κ2) is 6.05. The van der Waals surface area contributed by atoms with Gasteiger partial charge in [-0.15, -0.1) is 0 Å². The molecule has 1 aromatic heterocycles. The van der Waals surface area contributed by atoms with Crippen molar-refractivity contribution in [1.82, 2.24) is 19.7 Å². The number of likely N-dealkylation sites (tertiary alicyclic amines) is 1. The van der Waals surface area contributed by atoms with Crippen LogP contribution >= 0.6 is 0 Å². The quantitative estimate of drug-likeness (QED) is 0.923. The lowest BCUT2D eigenvalue weighted by molar-refractivity contribution is -0.0304. The van der Waals surface area contributed by atoms with E-state index in [1.165, 1.54) is 32.1 Å². The lowest BCUT2D eigenvalue weighted by Gasteiger charge is -2.37. The lowest BCUT2D eigenvalue weighted by Crippen LogP contribution is -2.47. The number of hydrogen-bond acceptors (Lipinski definition) is 4. The molecule has 1 aliphatic heterocycles. The molecular weight excluding hydrogens is 264 g/mol. The predicted octanol–water partition coefficient (Wildman–Crippen LogP) is 2.05. The standard InChI is InChI=1S/C16H28N4O/c1-13-17-14(2)20(18-13)11-15-7-6-10-19(15)12-16(21)8-4-3-5-9-16/h15,21H,3-12H2,1-2H3. The van der Waals surface area contributed by atoms with Gasteiger partial charge in [0.25, 0.3) is 0 Å². The van der Waals surface area contributed by atoms with Crippen LogP contribution in [-0.4, -0.2) is 49.5 Å². The monoisotopic (exact) mass is 292 g/mol. The largest absolute Gasteiger partial charge is 0.389 e. The molecule has 1 N–H and O–H groups in total. The molecule has 118 valence electrons. The molecule has 0 bridgehead atoms. The Kier molecular flexibility index (Phi) is 4.31. The maximum atomic E-state index is 10.8. The van der Waals surface area contributed by atoms with Crippen molar-refractivity contribution < 1.29 is 5.11 Å². The van der Waals surface area contributed by atoms with Crippen molar-refractivity contribution in [1.29, 1.82) is 0 Å². The molecule has 0 amide bonds. The number of aromatic nitrogens is 3. The number of β-amino-alcohol motifs (C(OH)–C–C–N with tert-alkyl or cyclic N) is 1. The summed E-state index contributed by atoms with van der Waals surface area (Å²) in [6.45, 7) is 6.82. The number of rotatable bonds is 4. The van der Waals surface area contributed by atoms with Crippen molar-refractivity contribution >= 4 is 0 Å². The van der Waals surface area contributed by atoms with Crippen molar-refractivity contribution in [2.24, 2.45) is 0 Å². The topological polar surface area (TPSA) is 54.2 Å². The highest BCUT2D eigenvalue weighted by Crippen LogP contribution is 2.31. The summed E-state index contributed by atoms with van der Waals surface area (Å²) in [5.74, 6) is 1.85. The van der Waals surface area contributed by atoms with E-state index in [1.54, 1.807) is 0 Å². The summed E-state index contributed by atoms with van der Waals surface area (Å²) in [6, 6.07) is 0.496. The van der Waals surface area contributed by atoms with Gasteiger partial charge in [-0.05, 0) is 46.1 Å². The summed E-state index contributed by atoms with van der Waals surface area (Å²) in [5.41, 5.74) is -0.450. The molecule has 2 heterocycles. The van der Waals surface area contributed by atoms with E-state index >= 15 is 0 Å². The Morgan fingerprint density at radius 2 is 1.95 bits per heavy atom. The third kappa shape index (κ3) is 3.46. The van der Waals surface area contributed by atoms with Crippen molar-refractivity contribution in [2.75, 3.05) is 13.1 Å². The summed E-state index contributed by atoms with van der Waals surface area (Å²) in [4.78, 5) is 6.88. The van der Waals surface area contributed by atoms with Crippen LogP contribution in [0.15, 0.2) is 0 Å². The smallest absolute Gasteiger partial charge is 0.147 e. The molecule has 1 atom stereocenters. The molecule has 1 saturated carbocycles. The minimum Gasteiger partial charge on any atom is -0.389 e. The molecule has 1 unspecified atom stereocenters. The van der Waals surface area contributed by atoms with Crippen LogP contribution in [0.2, 0.25) is 0 Å². The van der Waals surface area contributed by atoms with Gasteiger partial charge in [-0.3, -0.25) is 4.90 Å². The zero-order valence-corrected chi connectivity index (χ0v) is 13.4. The second-order valence-corrected chi connectivity index (χ2v) is 6.94. The minimum atomic E-state index is -0.450. The van der Waals surface area contributed by atoms with Crippen LogP contribution in [0.5, 0.6) is 0 Å². The molecule has 0 aromatic carbocycles. The van der Waals surface area contributed by atoms with E-state index in [2.05, 4.69) is 15.0 Å². The van der Waals surface area contributed by atoms with Gasteiger partial charge in [-0.25, -0.2) is 9.67 Å². The number of aliphatic hydroxyl groups is 1. The normalized spacial score (nSPS) is 26.3. The highest BCUT2D eigenvalue weighted by atomic mass is 16.3. The first-order valence-corrected chi connectivity index (χ1v) is 8.40. The maximum absolute atomic E-state index is 10.8. The van der Waals surface area contributed by atoms with E-state index in [0.717, 1.165) is 44.1 Å². The lowest BCUT2D eigenvalue weighted by atomic mass is 9.84. The maximum Gasteiger partial charge on any atom is 0.147 e. The molecule has 2 aliphatic rings. The van der Waals surface area contributed by atoms with Crippen LogP contribution in [0, 0.1) is 13.8 Å². The van der Waals surface area contributed by atoms with E-state index in [1.807, 2.05) is 18.5 Å². The molecule has 0 spiro atoms. The molecule has 3 rings (SSSR count). The van der Waals surface area contributed by atoms with Crippen molar-refractivity contribution in [2.45, 2.75) is 77.0 Å². The Morgan fingerprint density at radius 3 is 2.62 bits per heavy atom. The van der Waals surface area contributed by atoms with Gasteiger partial charge in [-0.2, -0.15) is 5.10 Å². The van der Waals surface area contributed by atoms with Gasteiger partial charge in [0.15, 0.2) is 0 Å². The minimum absolute atomic E-state index is 0.450. The Morgan fingerprint density at radius 1 is 1.19 bits per heavy atom. The van der Waals surface area contributed by atoms with Gasteiger partial charge in [0.05, 0.1) is 12.1 Å². The summed E-state index contributed by atoms with van der Waals surface area (Å²) in [6.07, 6.45) is 8.01. The van der Waals surface area contributed by atoms with Gasteiger partial charge in [0.1, 0.15) is 11.6 Å². The van der Waals surface area contributed by atoms with E-state index in [0.29, 0.717) is 6.04 Å². The fraction of sp³-hybridized carbons (Fsp3) is 0.875. The molecule has 1 saturated heterocycles. The van der Waals surface area contributed by atoms with Gasteiger partial charge >= 0.3 is 0 Å². The number of nitrogens with zero attached hydrogens (tertiary/aromatic N) is 4. The highest BCUT2D eigenvalue weighted by molar-refractivity contribution is 4.93. The van der Waals surface area contributed by atoms with E-state index < -0.39 is 5.60 Å². The van der Waals surface area contributed by atoms with Crippen molar-refractivity contribution in [3.8, 4) is 0 Å². The third-order valence-corrected chi connectivity index (χ3v) is 5.13. The summed E-state index contributed by atoms with van der Waals surface area (Å²) in [5, 5.41) is 15.3. The van der Waals surface area contributed by atoms with E-state index in [-0.39, 0.29) is 0 Å². The SMILES string of the molecule is Cc1nc(C)n(CC2CCCN2CC2(O)CCCCC2)n1. The average molecular weight is 292 g/mol. The fourth-order valence-corrected chi connectivity index (χ4v) is 3.99. The van der Waals surface area contributed by atoms with Crippen molar-refractivity contribution in [3.05, 3.63) is 11.6 Å². The summed E-state index contributed by atoms with van der Waals surface area (Å²) >= 11 is 0. The molecule has 1 aliphatic carbocycles. The summed E-state index contributed by atoms with van der Waals surface area (Å²) in [7, 11) is 0. The van der Waals surface area contributed by atoms with Crippen LogP contribution in [0.3, 0.4) is 0 Å². The highest BCUT2D eigenvalue weighted by Gasteiger charge is 2.35. The molecule has 5 heteroatoms. The Labute approximate surface area is 127 Å².